The second-order valence-electron chi connectivity index (χ2n) is 12.1. The van der Waals surface area contributed by atoms with E-state index >= 15 is 0 Å². The van der Waals surface area contributed by atoms with E-state index in [1.54, 1.807) is 0 Å². The first-order valence-corrected chi connectivity index (χ1v) is 12.4. The first-order chi connectivity index (χ1) is 14.8. The highest BCUT2D eigenvalue weighted by atomic mass is 16.5. The molecule has 1 spiro atoms. The minimum atomic E-state index is 0.181. The molecule has 6 fully saturated rings. The van der Waals surface area contributed by atoms with Crippen LogP contribution in [0.5, 0.6) is 5.75 Å². The maximum atomic E-state index is 13.7. The van der Waals surface area contributed by atoms with Crippen molar-refractivity contribution in [2.75, 3.05) is 0 Å². The fourth-order valence-corrected chi connectivity index (χ4v) is 8.75. The van der Waals surface area contributed by atoms with E-state index in [1.165, 1.54) is 43.1 Å². The summed E-state index contributed by atoms with van der Waals surface area (Å²) in [5.74, 6) is 1.53. The predicted molar refractivity (Wildman–Crippen MR) is 121 cm³/mol. The Kier molecular flexibility index (Phi) is 3.41. The number of benzene rings is 1. The molecule has 8 rings (SSSR count). The Hall–Kier alpha value is -1.97. The molecule has 164 valence electrons. The van der Waals surface area contributed by atoms with Crippen molar-refractivity contribution in [3.63, 3.8) is 0 Å². The van der Waals surface area contributed by atoms with E-state index in [1.807, 2.05) is 0 Å². The number of nitrogens with one attached hydrogen (secondary N) is 1. The van der Waals surface area contributed by atoms with Crippen LogP contribution in [0.25, 0.3) is 10.9 Å². The molecule has 1 saturated heterocycles. The normalized spacial score (nSPS) is 40.8. The van der Waals surface area contributed by atoms with Crippen LogP contribution in [-0.4, -0.2) is 34.0 Å². The van der Waals surface area contributed by atoms with Gasteiger partial charge in [0.25, 0.3) is 0 Å². The third-order valence-corrected chi connectivity index (χ3v) is 10.4. The maximum absolute atomic E-state index is 13.7. The molecule has 6 aliphatic rings. The van der Waals surface area contributed by atoms with Crippen LogP contribution in [0.2, 0.25) is 0 Å². The molecule has 31 heavy (non-hydrogen) atoms. The lowest BCUT2D eigenvalue weighted by Gasteiger charge is -2.73. The number of hydrogen-bond acceptors (Lipinski definition) is 2. The van der Waals surface area contributed by atoms with Gasteiger partial charge in [-0.3, -0.25) is 4.79 Å². The van der Waals surface area contributed by atoms with Crippen molar-refractivity contribution in [1.82, 2.24) is 9.88 Å². The van der Waals surface area contributed by atoms with Gasteiger partial charge in [-0.1, -0.05) is 26.8 Å². The summed E-state index contributed by atoms with van der Waals surface area (Å²) in [6.45, 7) is 7.26. The van der Waals surface area contributed by atoms with E-state index in [-0.39, 0.29) is 5.92 Å². The number of carbonyl (C=O) groups is 1. The Balaban J connectivity index is 1.16. The lowest BCUT2D eigenvalue weighted by molar-refractivity contribution is -0.237. The number of aromatic nitrogens is 1. The Morgan fingerprint density at radius 3 is 2.74 bits per heavy atom. The Labute approximate surface area is 184 Å². The summed E-state index contributed by atoms with van der Waals surface area (Å²) >= 11 is 0. The Morgan fingerprint density at radius 2 is 1.97 bits per heavy atom. The van der Waals surface area contributed by atoms with Gasteiger partial charge < -0.3 is 14.6 Å². The zero-order valence-corrected chi connectivity index (χ0v) is 19.0. The fourth-order valence-electron chi connectivity index (χ4n) is 8.75. The Morgan fingerprint density at radius 1 is 1.19 bits per heavy atom. The second kappa shape index (κ2) is 5.68. The van der Waals surface area contributed by atoms with E-state index in [0.29, 0.717) is 46.8 Å². The molecule has 0 radical (unpaired) electrons. The monoisotopic (exact) mass is 418 g/mol. The van der Waals surface area contributed by atoms with Gasteiger partial charge in [0.1, 0.15) is 5.75 Å². The van der Waals surface area contributed by atoms with E-state index in [9.17, 15) is 4.79 Å². The van der Waals surface area contributed by atoms with Crippen molar-refractivity contribution in [2.24, 2.45) is 16.2 Å². The third kappa shape index (κ3) is 2.24. The molecular weight excluding hydrogens is 384 g/mol. The quantitative estimate of drug-likeness (QED) is 0.670. The van der Waals surface area contributed by atoms with Gasteiger partial charge in [-0.2, -0.15) is 0 Å². The fraction of sp³-hybridized carbons (Fsp3) is 0.667. The molecule has 1 aromatic heterocycles. The smallest absolute Gasteiger partial charge is 0.223 e. The number of likely N-dealkylation sites (tertiary alicyclic amines) is 1. The average Bonchev–Trinajstić information content (AvgIpc) is 3.37. The Bertz CT molecular complexity index is 1100. The van der Waals surface area contributed by atoms with E-state index in [0.717, 1.165) is 24.1 Å². The van der Waals surface area contributed by atoms with Crippen LogP contribution >= 0.6 is 0 Å². The van der Waals surface area contributed by atoms with Crippen LogP contribution in [0.1, 0.15) is 83.6 Å². The van der Waals surface area contributed by atoms with E-state index in [2.05, 4.69) is 55.1 Å². The van der Waals surface area contributed by atoms with Gasteiger partial charge in [0.2, 0.25) is 5.91 Å². The van der Waals surface area contributed by atoms with Gasteiger partial charge in [-0.15, -0.1) is 0 Å². The largest absolute Gasteiger partial charge is 0.490 e. The maximum Gasteiger partial charge on any atom is 0.223 e. The number of nitrogens with zero attached hydrogens (tertiary/aromatic N) is 1. The first-order valence-electron chi connectivity index (χ1n) is 12.4. The molecule has 2 heterocycles. The van der Waals surface area contributed by atoms with Gasteiger partial charge in [-0.05, 0) is 84.8 Å². The van der Waals surface area contributed by atoms with E-state index in [4.69, 9.17) is 4.74 Å². The second-order valence-corrected chi connectivity index (χ2v) is 12.1. The van der Waals surface area contributed by atoms with Crippen molar-refractivity contribution in [3.8, 4) is 5.75 Å². The highest BCUT2D eigenvalue weighted by molar-refractivity contribution is 5.90. The predicted octanol–water partition coefficient (Wildman–Crippen LogP) is 5.77. The average molecular weight is 419 g/mol. The number of amides is 1. The van der Waals surface area contributed by atoms with Gasteiger partial charge in [0, 0.05) is 35.6 Å². The number of fused-ring (bicyclic) bond motifs is 2. The molecule has 1 aliphatic heterocycles. The summed E-state index contributed by atoms with van der Waals surface area (Å²) in [7, 11) is 0. The van der Waals surface area contributed by atoms with Gasteiger partial charge in [-0.25, -0.2) is 0 Å². The van der Waals surface area contributed by atoms with Gasteiger partial charge in [0.05, 0.1) is 6.10 Å². The lowest BCUT2D eigenvalue weighted by Crippen LogP contribution is -2.68. The molecule has 4 nitrogen and oxygen atoms in total. The number of hydrogen-bond donors (Lipinski definition) is 1. The zero-order valence-electron chi connectivity index (χ0n) is 19.0. The highest BCUT2D eigenvalue weighted by Gasteiger charge is 2.78. The van der Waals surface area contributed by atoms with Crippen molar-refractivity contribution in [2.45, 2.75) is 96.2 Å². The molecule has 4 heteroatoms. The van der Waals surface area contributed by atoms with Crippen molar-refractivity contribution < 1.29 is 9.53 Å². The van der Waals surface area contributed by atoms with Crippen molar-refractivity contribution in [3.05, 3.63) is 30.0 Å². The summed E-state index contributed by atoms with van der Waals surface area (Å²) in [5.41, 5.74) is 3.81. The minimum absolute atomic E-state index is 0.181. The number of H-pyrrole nitrogens is 1. The number of carbonyl (C=O) groups excluding carboxylic acids is 1. The molecule has 6 atom stereocenters. The number of rotatable bonds is 5. The molecule has 2 aromatic rings. The van der Waals surface area contributed by atoms with Crippen LogP contribution in [0.15, 0.2) is 24.4 Å². The first kappa shape index (κ1) is 18.6. The third-order valence-electron chi connectivity index (χ3n) is 10.4. The lowest BCUT2D eigenvalue weighted by atomic mass is 9.33. The standard InChI is InChI=1S/C27H34N2O2/c1-16(20-14-28-21-5-4-6-22(24(20)21)31-19-7-8-19)9-23(30)29-17-10-25(2)15-27(12-17)13-18(29)11-26(25,27)3/h4-6,14,16-19,28H,7-13,15H2,1-3H3/t16?,17?,18?,25?,26-,27?/m1/s1. The van der Waals surface area contributed by atoms with Gasteiger partial charge >= 0.3 is 0 Å². The number of piperidine rings is 1. The van der Waals surface area contributed by atoms with Crippen molar-refractivity contribution >= 4 is 16.8 Å². The SMILES string of the molecule is CC(CC(=O)N1C2CC3(C)CC4(C2)CC1C[C@]34C)c1c[nH]c2cccc(OC3CC3)c12. The topological polar surface area (TPSA) is 45.3 Å². The molecule has 4 bridgehead atoms. The summed E-state index contributed by atoms with van der Waals surface area (Å²) < 4.78 is 6.21. The summed E-state index contributed by atoms with van der Waals surface area (Å²) in [4.78, 5) is 19.5. The molecular formula is C27H34N2O2. The summed E-state index contributed by atoms with van der Waals surface area (Å²) in [6, 6.07) is 7.21. The highest BCUT2D eigenvalue weighted by Crippen LogP contribution is 2.83. The van der Waals surface area contributed by atoms with Crippen LogP contribution in [0, 0.1) is 16.2 Å². The van der Waals surface area contributed by atoms with Crippen molar-refractivity contribution in [1.29, 1.82) is 0 Å². The number of aromatic amines is 1. The van der Waals surface area contributed by atoms with Crippen LogP contribution < -0.4 is 4.74 Å². The van der Waals surface area contributed by atoms with E-state index < -0.39 is 0 Å². The van der Waals surface area contributed by atoms with Gasteiger partial charge in [0.15, 0.2) is 0 Å². The zero-order chi connectivity index (χ0) is 21.2. The summed E-state index contributed by atoms with van der Waals surface area (Å²) in [5, 5.41) is 1.18. The van der Waals surface area contributed by atoms with Crippen LogP contribution in [0.4, 0.5) is 0 Å². The molecule has 1 amide bonds. The van der Waals surface area contributed by atoms with Crippen LogP contribution in [-0.2, 0) is 4.79 Å². The molecule has 1 N–H and O–H groups in total. The molecule has 5 saturated carbocycles. The molecule has 5 unspecified atom stereocenters. The number of ether oxygens (including phenoxy) is 1. The minimum Gasteiger partial charge on any atom is -0.490 e. The summed E-state index contributed by atoms with van der Waals surface area (Å²) in [6.07, 6.45) is 11.7. The molecule has 5 aliphatic carbocycles. The van der Waals surface area contributed by atoms with Crippen LogP contribution in [0.3, 0.4) is 0 Å². The molecule has 1 aromatic carbocycles.